The number of nitrogens with one attached hydrogen (secondary N) is 2. The fourth-order valence-electron chi connectivity index (χ4n) is 6.75. The van der Waals surface area contributed by atoms with E-state index < -0.39 is 7.12 Å². The Morgan fingerprint density at radius 3 is 2.79 bits per heavy atom. The number of hydrogen-bond acceptors (Lipinski definition) is 5. The Labute approximate surface area is 198 Å². The lowest BCUT2D eigenvalue weighted by atomic mass is 9.43. The molecule has 6 rings (SSSR count). The van der Waals surface area contributed by atoms with Gasteiger partial charge in [-0.05, 0) is 74.8 Å². The predicted octanol–water partition coefficient (Wildman–Crippen LogP) is 4.12. The molecular weight excluding hydrogens is 415 g/mol. The summed E-state index contributed by atoms with van der Waals surface area (Å²) in [5.74, 6) is 0.948. The van der Waals surface area contributed by atoms with Crippen LogP contribution in [0.1, 0.15) is 64.9 Å². The third-order valence-electron chi connectivity index (χ3n) is 9.02. The molecule has 180 valence electrons. The van der Waals surface area contributed by atoms with Crippen molar-refractivity contribution in [1.29, 1.82) is 0 Å². The summed E-state index contributed by atoms with van der Waals surface area (Å²) < 4.78 is 18.8. The van der Waals surface area contributed by atoms with Crippen LogP contribution >= 0.6 is 0 Å². The van der Waals surface area contributed by atoms with E-state index in [0.717, 1.165) is 32.2 Å². The first-order valence-corrected chi connectivity index (χ1v) is 12.9. The lowest BCUT2D eigenvalue weighted by Crippen LogP contribution is -2.65. The zero-order valence-corrected chi connectivity index (χ0v) is 20.3. The number of amides is 1. The van der Waals surface area contributed by atoms with E-state index in [4.69, 9.17) is 14.0 Å². The fraction of sp³-hybridized carbons (Fsp3) is 0.731. The molecule has 0 aromatic heterocycles. The third-order valence-corrected chi connectivity index (χ3v) is 9.02. The van der Waals surface area contributed by atoms with Gasteiger partial charge in [0.1, 0.15) is 6.61 Å². The Balaban J connectivity index is 1.24. The van der Waals surface area contributed by atoms with Crippen molar-refractivity contribution in [3.05, 3.63) is 35.9 Å². The normalized spacial score (nSPS) is 35.3. The summed E-state index contributed by atoms with van der Waals surface area (Å²) in [7, 11) is -0.445. The van der Waals surface area contributed by atoms with Gasteiger partial charge in [0.05, 0.1) is 17.6 Å². The quantitative estimate of drug-likeness (QED) is 0.607. The Hall–Kier alpha value is -1.57. The van der Waals surface area contributed by atoms with Gasteiger partial charge in [0.2, 0.25) is 0 Å². The number of carbonyl (C=O) groups excluding carboxylic acids is 1. The van der Waals surface area contributed by atoms with E-state index in [-0.39, 0.29) is 29.8 Å². The van der Waals surface area contributed by atoms with Crippen LogP contribution in [-0.2, 0) is 20.5 Å². The summed E-state index contributed by atoms with van der Waals surface area (Å²) in [4.78, 5) is 12.8. The average molecular weight is 454 g/mol. The number of ether oxygens (including phenoxy) is 1. The zero-order chi connectivity index (χ0) is 23.1. The highest BCUT2D eigenvalue weighted by molar-refractivity contribution is 6.47. The maximum atomic E-state index is 12.8. The number of hydrogen-bond donors (Lipinski definition) is 2. The number of alkyl carbamates (subject to hydrolysis) is 1. The summed E-state index contributed by atoms with van der Waals surface area (Å²) in [6.07, 6.45) is 7.00. The molecule has 3 saturated carbocycles. The van der Waals surface area contributed by atoms with Gasteiger partial charge in [-0.15, -0.1) is 0 Å². The molecule has 0 spiro atoms. The maximum Gasteiger partial charge on any atom is 0.481 e. The molecule has 2 N–H and O–H groups in total. The minimum atomic E-state index is -0.445. The van der Waals surface area contributed by atoms with Crippen LogP contribution in [0.3, 0.4) is 0 Å². The average Bonchev–Trinajstić information content (AvgIpc) is 3.18. The summed E-state index contributed by atoms with van der Waals surface area (Å²) >= 11 is 0. The summed E-state index contributed by atoms with van der Waals surface area (Å²) in [6.45, 7) is 8.36. The van der Waals surface area contributed by atoms with Gasteiger partial charge in [-0.25, -0.2) is 4.79 Å². The Kier molecular flexibility index (Phi) is 6.49. The molecule has 1 aromatic carbocycles. The highest BCUT2D eigenvalue weighted by Crippen LogP contribution is 2.65. The van der Waals surface area contributed by atoms with Crippen molar-refractivity contribution in [2.45, 2.75) is 89.4 Å². The van der Waals surface area contributed by atoms with Crippen molar-refractivity contribution >= 4 is 13.2 Å². The maximum absolute atomic E-state index is 12.8. The molecule has 1 amide bonds. The molecular formula is C26H39BN2O4. The van der Waals surface area contributed by atoms with Crippen molar-refractivity contribution in [3.8, 4) is 0 Å². The lowest BCUT2D eigenvalue weighted by molar-refractivity contribution is -0.199. The largest absolute Gasteiger partial charge is 0.481 e. The van der Waals surface area contributed by atoms with E-state index in [1.165, 1.54) is 24.8 Å². The van der Waals surface area contributed by atoms with Gasteiger partial charge in [0.25, 0.3) is 0 Å². The SMILES string of the molecule is CC1(C)[C@@H]2C[C@H]3OB([C@H](CCc4ccccc4)NC(=O)OC[C@H]4CCCCN4)O[C@@]3(C)[C@H]1C2. The van der Waals surface area contributed by atoms with Crippen LogP contribution < -0.4 is 10.6 Å². The van der Waals surface area contributed by atoms with Crippen LogP contribution in [0.25, 0.3) is 0 Å². The number of rotatable bonds is 7. The minimum Gasteiger partial charge on any atom is -0.448 e. The number of benzene rings is 1. The second-order valence-electron chi connectivity index (χ2n) is 11.4. The first-order chi connectivity index (χ1) is 15.9. The molecule has 6 nitrogen and oxygen atoms in total. The first kappa shape index (κ1) is 23.2. The van der Waals surface area contributed by atoms with Crippen LogP contribution in [0.5, 0.6) is 0 Å². The van der Waals surface area contributed by atoms with Gasteiger partial charge >= 0.3 is 13.2 Å². The molecule has 33 heavy (non-hydrogen) atoms. The second-order valence-corrected chi connectivity index (χ2v) is 11.4. The number of carbonyl (C=O) groups is 1. The van der Waals surface area contributed by atoms with Gasteiger partial charge in [0, 0.05) is 6.04 Å². The van der Waals surface area contributed by atoms with Gasteiger partial charge in [0.15, 0.2) is 0 Å². The van der Waals surface area contributed by atoms with E-state index in [0.29, 0.717) is 23.9 Å². The van der Waals surface area contributed by atoms with Gasteiger partial charge in [-0.2, -0.15) is 0 Å². The molecule has 6 atom stereocenters. The standard InChI is InChI=1S/C26H39BN2O4/c1-25(2)19-15-21(25)26(3)22(16-19)32-27(33-26)23(13-12-18-9-5-4-6-10-18)29-24(30)31-17-20-11-7-8-14-28-20/h4-6,9-10,19-23,28H,7-8,11-17H2,1-3H3,(H,29,30)/t19-,20+,21-,22+,23-,26-/m0/s1. The molecule has 2 saturated heterocycles. The summed E-state index contributed by atoms with van der Waals surface area (Å²) in [5, 5.41) is 6.54. The van der Waals surface area contributed by atoms with Crippen LogP contribution in [0.2, 0.25) is 0 Å². The minimum absolute atomic E-state index is 0.0998. The molecule has 5 fully saturated rings. The van der Waals surface area contributed by atoms with Crippen LogP contribution in [0.15, 0.2) is 30.3 Å². The van der Waals surface area contributed by atoms with E-state index in [9.17, 15) is 4.79 Å². The van der Waals surface area contributed by atoms with Gasteiger partial charge < -0.3 is 24.7 Å². The fourth-order valence-corrected chi connectivity index (χ4v) is 6.75. The van der Waals surface area contributed by atoms with Crippen molar-refractivity contribution in [2.75, 3.05) is 13.2 Å². The summed E-state index contributed by atoms with van der Waals surface area (Å²) in [6, 6.07) is 10.6. The molecule has 3 aliphatic carbocycles. The summed E-state index contributed by atoms with van der Waals surface area (Å²) in [5.41, 5.74) is 1.25. The van der Waals surface area contributed by atoms with Crippen LogP contribution in [-0.4, -0.2) is 50.1 Å². The van der Waals surface area contributed by atoms with E-state index in [1.807, 2.05) is 6.07 Å². The topological polar surface area (TPSA) is 68.8 Å². The Morgan fingerprint density at radius 2 is 2.06 bits per heavy atom. The molecule has 2 aliphatic heterocycles. The number of aryl methyl sites for hydroxylation is 1. The molecule has 2 bridgehead atoms. The van der Waals surface area contributed by atoms with Gasteiger partial charge in [-0.3, -0.25) is 0 Å². The Bertz CT molecular complexity index is 831. The van der Waals surface area contributed by atoms with Crippen molar-refractivity contribution in [3.63, 3.8) is 0 Å². The molecule has 0 radical (unpaired) electrons. The van der Waals surface area contributed by atoms with Crippen molar-refractivity contribution in [1.82, 2.24) is 10.6 Å². The monoisotopic (exact) mass is 454 g/mol. The van der Waals surface area contributed by atoms with E-state index in [2.05, 4.69) is 55.7 Å². The van der Waals surface area contributed by atoms with Crippen molar-refractivity contribution < 1.29 is 18.8 Å². The van der Waals surface area contributed by atoms with E-state index in [1.54, 1.807) is 0 Å². The third kappa shape index (κ3) is 4.56. The molecule has 7 heteroatoms. The lowest BCUT2D eigenvalue weighted by Gasteiger charge is -2.64. The zero-order valence-electron chi connectivity index (χ0n) is 20.3. The van der Waals surface area contributed by atoms with Crippen LogP contribution in [0, 0.1) is 17.3 Å². The van der Waals surface area contributed by atoms with Crippen LogP contribution in [0.4, 0.5) is 4.79 Å². The van der Waals surface area contributed by atoms with Crippen molar-refractivity contribution in [2.24, 2.45) is 17.3 Å². The molecule has 0 unspecified atom stereocenters. The predicted molar refractivity (Wildman–Crippen MR) is 129 cm³/mol. The molecule has 2 heterocycles. The molecule has 1 aromatic rings. The number of piperidine rings is 1. The smallest absolute Gasteiger partial charge is 0.448 e. The van der Waals surface area contributed by atoms with Gasteiger partial charge in [-0.1, -0.05) is 50.6 Å². The second kappa shape index (κ2) is 9.24. The van der Waals surface area contributed by atoms with E-state index >= 15 is 0 Å². The Morgan fingerprint density at radius 1 is 1.24 bits per heavy atom. The highest BCUT2D eigenvalue weighted by Gasteiger charge is 2.68. The molecule has 5 aliphatic rings. The first-order valence-electron chi connectivity index (χ1n) is 12.9. The highest BCUT2D eigenvalue weighted by atomic mass is 16.7.